The van der Waals surface area contributed by atoms with Gasteiger partial charge in [-0.2, -0.15) is 0 Å². The van der Waals surface area contributed by atoms with Gasteiger partial charge in [0, 0.05) is 17.2 Å². The first-order chi connectivity index (χ1) is 6.32. The lowest BCUT2D eigenvalue weighted by atomic mass is 9.87. The molecule has 0 amide bonds. The lowest BCUT2D eigenvalue weighted by Crippen LogP contribution is -2.12. The molecule has 1 rings (SSSR count). The number of hydrogen-bond donors (Lipinski definition) is 0. The van der Waals surface area contributed by atoms with E-state index in [0.29, 0.717) is 10.6 Å². The van der Waals surface area contributed by atoms with Crippen molar-refractivity contribution in [2.45, 2.75) is 19.3 Å². The highest BCUT2D eigenvalue weighted by atomic mass is 35.5. The van der Waals surface area contributed by atoms with Crippen molar-refractivity contribution < 1.29 is 4.92 Å². The molecule has 0 atom stereocenters. The summed E-state index contributed by atoms with van der Waals surface area (Å²) in [6.07, 6.45) is 0. The first-order valence-electron chi connectivity index (χ1n) is 4.12. The molecule has 0 aromatic heterocycles. The van der Waals surface area contributed by atoms with Crippen molar-refractivity contribution >= 4 is 17.3 Å². The van der Waals surface area contributed by atoms with E-state index < -0.39 is 10.3 Å². The second-order valence-corrected chi connectivity index (χ2v) is 4.21. The fourth-order valence-corrected chi connectivity index (χ4v) is 1.52. The molecule has 0 spiro atoms. The second kappa shape index (κ2) is 3.58. The predicted octanol–water partition coefficient (Wildman–Crippen LogP) is 3.36. The smallest absolute Gasteiger partial charge is 0.258 e. The number of nitro groups is 1. The number of nitro benzene ring substituents is 1. The average molecular weight is 213 g/mol. The minimum Gasteiger partial charge on any atom is -0.258 e. The lowest BCUT2D eigenvalue weighted by Gasteiger charge is -2.19. The van der Waals surface area contributed by atoms with Crippen molar-refractivity contribution in [2.75, 3.05) is 0 Å². The van der Waals surface area contributed by atoms with Crippen molar-refractivity contribution in [3.05, 3.63) is 45.8 Å². The van der Waals surface area contributed by atoms with Gasteiger partial charge in [0.15, 0.2) is 0 Å². The molecule has 0 fully saturated rings. The van der Waals surface area contributed by atoms with E-state index in [1.54, 1.807) is 0 Å². The zero-order valence-electron chi connectivity index (χ0n) is 8.08. The van der Waals surface area contributed by atoms with Gasteiger partial charge in [-0.1, -0.05) is 25.4 Å². The van der Waals surface area contributed by atoms with E-state index in [-0.39, 0.29) is 5.69 Å². The van der Waals surface area contributed by atoms with E-state index in [0.717, 1.165) is 0 Å². The molecule has 0 saturated carbocycles. The third-order valence-corrected chi connectivity index (χ3v) is 2.22. The van der Waals surface area contributed by atoms with E-state index >= 15 is 0 Å². The molecule has 0 N–H and O–H groups in total. The fraction of sp³-hybridized carbons (Fsp3) is 0.300. The molecule has 0 heterocycles. The third-order valence-electron chi connectivity index (χ3n) is 1.89. The summed E-state index contributed by atoms with van der Waals surface area (Å²) in [5.74, 6) is 0. The summed E-state index contributed by atoms with van der Waals surface area (Å²) in [6, 6.07) is 4.38. The molecule has 1 aromatic rings. The summed E-state index contributed by atoms with van der Waals surface area (Å²) in [5, 5.41) is 11.0. The van der Waals surface area contributed by atoms with Crippen molar-refractivity contribution in [2.24, 2.45) is 0 Å². The van der Waals surface area contributed by atoms with Crippen LogP contribution in [0.25, 0.3) is 0 Å². The Bertz CT molecular complexity index is 369. The molecule has 0 saturated heterocycles. The number of halogens is 1. The van der Waals surface area contributed by atoms with Crippen molar-refractivity contribution in [3.8, 4) is 0 Å². The van der Waals surface area contributed by atoms with Crippen LogP contribution < -0.4 is 0 Å². The Morgan fingerprint density at radius 2 is 2.07 bits per heavy atom. The molecular weight excluding hydrogens is 202 g/mol. The minimum atomic E-state index is -0.439. The van der Waals surface area contributed by atoms with Crippen LogP contribution in [-0.4, -0.2) is 4.92 Å². The maximum absolute atomic E-state index is 10.5. The lowest BCUT2D eigenvalue weighted by molar-refractivity contribution is -0.384. The maximum Gasteiger partial charge on any atom is 0.269 e. The first kappa shape index (κ1) is 11.0. The summed E-state index contributed by atoms with van der Waals surface area (Å²) < 4.78 is 0. The van der Waals surface area contributed by atoms with Gasteiger partial charge in [0.2, 0.25) is 0 Å². The van der Waals surface area contributed by atoms with Crippen LogP contribution in [0.3, 0.4) is 0 Å². The van der Waals surface area contributed by atoms with Gasteiger partial charge < -0.3 is 0 Å². The van der Waals surface area contributed by atoms with Gasteiger partial charge >= 0.3 is 0 Å². The molecule has 0 bridgehead atoms. The van der Waals surface area contributed by atoms with Crippen molar-refractivity contribution in [1.29, 1.82) is 0 Å². The summed E-state index contributed by atoms with van der Waals surface area (Å²) in [7, 11) is 0. The Morgan fingerprint density at radius 3 is 2.50 bits per heavy atom. The second-order valence-electron chi connectivity index (χ2n) is 3.81. The van der Waals surface area contributed by atoms with Gasteiger partial charge in [0.1, 0.15) is 0 Å². The van der Waals surface area contributed by atoms with Crippen LogP contribution in [0.4, 0.5) is 5.69 Å². The first-order valence-corrected chi connectivity index (χ1v) is 4.50. The molecule has 1 aromatic carbocycles. The Hall–Kier alpha value is -1.09. The normalized spacial score (nSPS) is 11.4. The predicted molar refractivity (Wildman–Crippen MR) is 56.5 cm³/mol. The van der Waals surface area contributed by atoms with E-state index in [2.05, 4.69) is 6.92 Å². The van der Waals surface area contributed by atoms with Crippen LogP contribution >= 0.6 is 11.6 Å². The third kappa shape index (κ3) is 2.23. The van der Waals surface area contributed by atoms with Gasteiger partial charge in [-0.15, -0.1) is 0 Å². The monoisotopic (exact) mass is 212 g/mol. The SMILES string of the molecule is [CH2]C(C)(C)c1cc([N+](=O)[O-])ccc1Cl. The highest BCUT2D eigenvalue weighted by molar-refractivity contribution is 6.31. The molecule has 1 radical (unpaired) electrons. The van der Waals surface area contributed by atoms with Crippen LogP contribution in [0, 0.1) is 17.0 Å². The number of nitrogens with zero attached hydrogens (tertiary/aromatic N) is 1. The van der Waals surface area contributed by atoms with Crippen LogP contribution in [0.15, 0.2) is 18.2 Å². The molecule has 0 aliphatic rings. The highest BCUT2D eigenvalue weighted by Gasteiger charge is 2.20. The zero-order chi connectivity index (χ0) is 10.9. The Morgan fingerprint density at radius 1 is 1.50 bits per heavy atom. The van der Waals surface area contributed by atoms with Crippen LogP contribution in [0.1, 0.15) is 19.4 Å². The Kier molecular flexibility index (Phi) is 2.81. The van der Waals surface area contributed by atoms with Gasteiger partial charge in [-0.05, 0) is 24.0 Å². The standard InChI is InChI=1S/C10H11ClNO2/c1-10(2,3)8-6-7(12(13)14)4-5-9(8)11/h4-6H,1H2,2-3H3. The largest absolute Gasteiger partial charge is 0.269 e. The molecule has 0 aliphatic carbocycles. The number of non-ortho nitro benzene ring substituents is 1. The van der Waals surface area contributed by atoms with Gasteiger partial charge in [-0.3, -0.25) is 10.1 Å². The van der Waals surface area contributed by atoms with E-state index in [1.165, 1.54) is 18.2 Å². The quantitative estimate of drug-likeness (QED) is 0.557. The summed E-state index contributed by atoms with van der Waals surface area (Å²) in [6.45, 7) is 7.61. The highest BCUT2D eigenvalue weighted by Crippen LogP contribution is 2.31. The topological polar surface area (TPSA) is 43.1 Å². The number of hydrogen-bond acceptors (Lipinski definition) is 2. The van der Waals surface area contributed by atoms with Gasteiger partial charge in [0.05, 0.1) is 4.92 Å². The summed E-state index contributed by atoms with van der Waals surface area (Å²) in [5.41, 5.74) is 0.304. The molecular formula is C10H11ClNO2. The molecule has 4 heteroatoms. The molecule has 3 nitrogen and oxygen atoms in total. The minimum absolute atomic E-state index is 0.0427. The maximum atomic E-state index is 10.5. The number of benzene rings is 1. The molecule has 0 aliphatic heterocycles. The molecule has 0 unspecified atom stereocenters. The van der Waals surface area contributed by atoms with Gasteiger partial charge in [0.25, 0.3) is 5.69 Å². The Balaban J connectivity index is 3.29. The average Bonchev–Trinajstić information content (AvgIpc) is 2.02. The van der Waals surface area contributed by atoms with Gasteiger partial charge in [-0.25, -0.2) is 0 Å². The van der Waals surface area contributed by atoms with Crippen LogP contribution in [0.5, 0.6) is 0 Å². The zero-order valence-corrected chi connectivity index (χ0v) is 8.84. The van der Waals surface area contributed by atoms with E-state index in [4.69, 9.17) is 11.6 Å². The van der Waals surface area contributed by atoms with Crippen LogP contribution in [-0.2, 0) is 5.41 Å². The fourth-order valence-electron chi connectivity index (χ4n) is 1.15. The van der Waals surface area contributed by atoms with Crippen molar-refractivity contribution in [3.63, 3.8) is 0 Å². The van der Waals surface area contributed by atoms with Crippen molar-refractivity contribution in [1.82, 2.24) is 0 Å². The molecule has 75 valence electrons. The van der Waals surface area contributed by atoms with E-state index in [9.17, 15) is 10.1 Å². The number of rotatable bonds is 2. The van der Waals surface area contributed by atoms with Crippen LogP contribution in [0.2, 0.25) is 5.02 Å². The summed E-state index contributed by atoms with van der Waals surface area (Å²) >= 11 is 5.92. The van der Waals surface area contributed by atoms with E-state index in [1.807, 2.05) is 13.8 Å². The molecule has 14 heavy (non-hydrogen) atoms. The Labute approximate surface area is 87.8 Å². The summed E-state index contributed by atoms with van der Waals surface area (Å²) in [4.78, 5) is 10.1.